The van der Waals surface area contributed by atoms with Gasteiger partial charge in [0.15, 0.2) is 11.6 Å². The minimum atomic E-state index is -0.822. The minimum absolute atomic E-state index is 0.146. The molecule has 1 atom stereocenters. The van der Waals surface area contributed by atoms with Gasteiger partial charge < -0.3 is 14.8 Å². The first-order chi connectivity index (χ1) is 15.2. The summed E-state index contributed by atoms with van der Waals surface area (Å²) in [5, 5.41) is 2.86. The van der Waals surface area contributed by atoms with E-state index in [0.717, 1.165) is 16.9 Å². The lowest BCUT2D eigenvalue weighted by Crippen LogP contribution is -2.46. The number of anilines is 1. The number of nitrogens with one attached hydrogen (secondary N) is 1. The molecule has 1 aromatic heterocycles. The summed E-state index contributed by atoms with van der Waals surface area (Å²) in [6.45, 7) is 2.73. The van der Waals surface area contributed by atoms with Crippen molar-refractivity contribution in [2.24, 2.45) is 0 Å². The van der Waals surface area contributed by atoms with Crippen LogP contribution in [0.5, 0.6) is 11.5 Å². The van der Waals surface area contributed by atoms with Gasteiger partial charge in [0, 0.05) is 18.3 Å². The third-order valence-electron chi connectivity index (χ3n) is 4.87. The zero-order valence-corrected chi connectivity index (χ0v) is 17.2. The van der Waals surface area contributed by atoms with E-state index in [1.165, 1.54) is 4.90 Å². The first-order valence-electron chi connectivity index (χ1n) is 10.1. The molecule has 0 unspecified atom stereocenters. The standard InChI is InChI=1S/C24H23N3O4/c1-2-30-19-12-10-17(11-13-19)15-26-21(28)16-27-23-20(9-6-14-25-23)31-22(24(27)29)18-7-4-3-5-8-18/h3-14,22H,2,15-16H2,1H3,(H,26,28)/t22-/m1/s1. The van der Waals surface area contributed by atoms with Crippen LogP contribution < -0.4 is 19.7 Å². The average Bonchev–Trinajstić information content (AvgIpc) is 2.81. The second-order valence-electron chi connectivity index (χ2n) is 7.01. The number of pyridine rings is 1. The van der Waals surface area contributed by atoms with E-state index in [4.69, 9.17) is 9.47 Å². The van der Waals surface area contributed by atoms with Crippen molar-refractivity contribution in [3.05, 3.63) is 84.1 Å². The van der Waals surface area contributed by atoms with E-state index in [2.05, 4.69) is 10.3 Å². The lowest BCUT2D eigenvalue weighted by molar-refractivity contribution is -0.129. The first kappa shape index (κ1) is 20.4. The van der Waals surface area contributed by atoms with E-state index >= 15 is 0 Å². The van der Waals surface area contributed by atoms with Gasteiger partial charge in [0.25, 0.3) is 5.91 Å². The van der Waals surface area contributed by atoms with Crippen LogP contribution in [0.25, 0.3) is 0 Å². The Balaban J connectivity index is 1.46. The number of carbonyl (C=O) groups is 2. The summed E-state index contributed by atoms with van der Waals surface area (Å²) in [6.07, 6.45) is 0.750. The molecule has 2 amide bonds. The smallest absolute Gasteiger partial charge is 0.274 e. The molecule has 0 radical (unpaired) electrons. The number of aromatic nitrogens is 1. The van der Waals surface area contributed by atoms with Crippen molar-refractivity contribution >= 4 is 17.6 Å². The molecule has 3 aromatic rings. The summed E-state index contributed by atoms with van der Waals surface area (Å²) in [5.74, 6) is 0.985. The van der Waals surface area contributed by atoms with Crippen LogP contribution in [0.4, 0.5) is 5.82 Å². The third-order valence-corrected chi connectivity index (χ3v) is 4.87. The van der Waals surface area contributed by atoms with Crippen LogP contribution in [0, 0.1) is 0 Å². The Labute approximate surface area is 180 Å². The number of hydrogen-bond acceptors (Lipinski definition) is 5. The molecule has 158 valence electrons. The third kappa shape index (κ3) is 4.66. The zero-order chi connectivity index (χ0) is 21.6. The van der Waals surface area contributed by atoms with Gasteiger partial charge in [-0.3, -0.25) is 14.5 Å². The van der Waals surface area contributed by atoms with E-state index in [1.807, 2.05) is 61.5 Å². The fraction of sp³-hybridized carbons (Fsp3) is 0.208. The summed E-state index contributed by atoms with van der Waals surface area (Å²) in [5.41, 5.74) is 1.66. The van der Waals surface area contributed by atoms with Gasteiger partial charge in [0.05, 0.1) is 6.61 Å². The van der Waals surface area contributed by atoms with Crippen LogP contribution in [0.1, 0.15) is 24.2 Å². The largest absolute Gasteiger partial charge is 0.494 e. The van der Waals surface area contributed by atoms with Crippen molar-refractivity contribution < 1.29 is 19.1 Å². The topological polar surface area (TPSA) is 80.8 Å². The highest BCUT2D eigenvalue weighted by atomic mass is 16.5. The van der Waals surface area contributed by atoms with Crippen molar-refractivity contribution in [3.8, 4) is 11.5 Å². The Morgan fingerprint density at radius 2 is 1.87 bits per heavy atom. The Morgan fingerprint density at radius 3 is 2.61 bits per heavy atom. The van der Waals surface area contributed by atoms with E-state index in [9.17, 15) is 9.59 Å². The average molecular weight is 417 g/mol. The first-order valence-corrected chi connectivity index (χ1v) is 10.1. The second-order valence-corrected chi connectivity index (χ2v) is 7.01. The van der Waals surface area contributed by atoms with E-state index in [1.54, 1.807) is 18.3 Å². The summed E-state index contributed by atoms with van der Waals surface area (Å²) in [7, 11) is 0. The number of carbonyl (C=O) groups excluding carboxylic acids is 2. The summed E-state index contributed by atoms with van der Waals surface area (Å²) in [6, 6.07) is 20.2. The summed E-state index contributed by atoms with van der Waals surface area (Å²) >= 11 is 0. The van der Waals surface area contributed by atoms with E-state index in [-0.39, 0.29) is 18.4 Å². The molecule has 1 aliphatic heterocycles. The lowest BCUT2D eigenvalue weighted by Gasteiger charge is -2.33. The molecule has 2 aromatic carbocycles. The van der Waals surface area contributed by atoms with Gasteiger partial charge in [-0.25, -0.2) is 4.98 Å². The molecule has 0 saturated carbocycles. The zero-order valence-electron chi connectivity index (χ0n) is 17.2. The maximum atomic E-state index is 13.2. The highest BCUT2D eigenvalue weighted by molar-refractivity contribution is 6.03. The van der Waals surface area contributed by atoms with Gasteiger partial charge in [0.2, 0.25) is 12.0 Å². The molecular formula is C24H23N3O4. The highest BCUT2D eigenvalue weighted by Gasteiger charge is 2.37. The van der Waals surface area contributed by atoms with Gasteiger partial charge in [0.1, 0.15) is 12.3 Å². The SMILES string of the molecule is CCOc1ccc(CNC(=O)CN2C(=O)[C@@H](c3ccccc3)Oc3cccnc32)cc1. The van der Waals surface area contributed by atoms with E-state index < -0.39 is 6.10 Å². The predicted octanol–water partition coefficient (Wildman–Crippen LogP) is 3.26. The van der Waals surface area contributed by atoms with Crippen molar-refractivity contribution in [1.29, 1.82) is 0 Å². The van der Waals surface area contributed by atoms with Crippen LogP contribution in [0.2, 0.25) is 0 Å². The Morgan fingerprint density at radius 1 is 1.10 bits per heavy atom. The van der Waals surface area contributed by atoms with Crippen molar-refractivity contribution in [1.82, 2.24) is 10.3 Å². The molecule has 0 spiro atoms. The molecule has 1 aliphatic rings. The Hall–Kier alpha value is -3.87. The maximum Gasteiger partial charge on any atom is 0.274 e. The molecule has 0 saturated heterocycles. The van der Waals surface area contributed by atoms with Crippen LogP contribution in [-0.4, -0.2) is 29.9 Å². The summed E-state index contributed by atoms with van der Waals surface area (Å²) in [4.78, 5) is 31.5. The van der Waals surface area contributed by atoms with Gasteiger partial charge in [-0.05, 0) is 36.8 Å². The molecule has 7 nitrogen and oxygen atoms in total. The predicted molar refractivity (Wildman–Crippen MR) is 116 cm³/mol. The van der Waals surface area contributed by atoms with Crippen LogP contribution in [0.15, 0.2) is 72.9 Å². The van der Waals surface area contributed by atoms with E-state index in [0.29, 0.717) is 24.7 Å². The number of fused-ring (bicyclic) bond motifs is 1. The quantitative estimate of drug-likeness (QED) is 0.638. The highest BCUT2D eigenvalue weighted by Crippen LogP contribution is 2.36. The fourth-order valence-corrected chi connectivity index (χ4v) is 3.36. The van der Waals surface area contributed by atoms with Gasteiger partial charge in [-0.15, -0.1) is 0 Å². The number of nitrogens with zero attached hydrogens (tertiary/aromatic N) is 2. The summed E-state index contributed by atoms with van der Waals surface area (Å²) < 4.78 is 11.3. The number of ether oxygens (including phenoxy) is 2. The maximum absolute atomic E-state index is 13.2. The molecule has 0 fully saturated rings. The number of hydrogen-bond donors (Lipinski definition) is 1. The number of rotatable bonds is 7. The molecule has 0 aliphatic carbocycles. The molecule has 1 N–H and O–H groups in total. The van der Waals surface area contributed by atoms with Crippen LogP contribution >= 0.6 is 0 Å². The Kier molecular flexibility index (Phi) is 6.12. The molecule has 7 heteroatoms. The van der Waals surface area contributed by atoms with Crippen LogP contribution in [-0.2, 0) is 16.1 Å². The van der Waals surface area contributed by atoms with Gasteiger partial charge >= 0.3 is 0 Å². The number of benzene rings is 2. The lowest BCUT2D eigenvalue weighted by atomic mass is 10.1. The minimum Gasteiger partial charge on any atom is -0.494 e. The monoisotopic (exact) mass is 417 g/mol. The van der Waals surface area contributed by atoms with Crippen LogP contribution in [0.3, 0.4) is 0 Å². The van der Waals surface area contributed by atoms with Crippen molar-refractivity contribution in [3.63, 3.8) is 0 Å². The van der Waals surface area contributed by atoms with Gasteiger partial charge in [-0.1, -0.05) is 42.5 Å². The van der Waals surface area contributed by atoms with Crippen molar-refractivity contribution in [2.75, 3.05) is 18.1 Å². The van der Waals surface area contributed by atoms with Gasteiger partial charge in [-0.2, -0.15) is 0 Å². The normalized spacial score (nSPS) is 15.1. The number of amides is 2. The molecule has 31 heavy (non-hydrogen) atoms. The molecule has 0 bridgehead atoms. The fourth-order valence-electron chi connectivity index (χ4n) is 3.36. The molecular weight excluding hydrogens is 394 g/mol. The van der Waals surface area contributed by atoms with Crippen molar-refractivity contribution in [2.45, 2.75) is 19.6 Å². The molecule has 4 rings (SSSR count). The Bertz CT molecular complexity index is 1050. The second kappa shape index (κ2) is 9.30. The molecule has 2 heterocycles.